The van der Waals surface area contributed by atoms with Crippen LogP contribution in [0.25, 0.3) is 0 Å². The van der Waals surface area contributed by atoms with E-state index in [0.717, 1.165) is 19.4 Å². The van der Waals surface area contributed by atoms with Gasteiger partial charge in [-0.05, 0) is 25.3 Å². The number of methoxy groups -OCH3 is 1. The summed E-state index contributed by atoms with van der Waals surface area (Å²) in [5.41, 5.74) is 10.8. The minimum absolute atomic E-state index is 0.221. The number of hydrogen-bond donors (Lipinski definition) is 2. The van der Waals surface area contributed by atoms with Crippen LogP contribution in [0.1, 0.15) is 26.7 Å². The fraction of sp³-hybridized carbons (Fsp3) is 0.917. The first-order chi connectivity index (χ1) is 8.01. The molecule has 0 saturated carbocycles. The molecule has 1 amide bonds. The van der Waals surface area contributed by atoms with Gasteiger partial charge in [-0.2, -0.15) is 0 Å². The maximum Gasteiger partial charge on any atom is 0.231 e. The lowest BCUT2D eigenvalue weighted by Gasteiger charge is -2.31. The smallest absolute Gasteiger partial charge is 0.231 e. The van der Waals surface area contributed by atoms with Crippen LogP contribution in [0, 0.1) is 5.92 Å². The summed E-state index contributed by atoms with van der Waals surface area (Å²) in [5.74, 6) is 0.200. The molecule has 5 nitrogen and oxygen atoms in total. The highest BCUT2D eigenvalue weighted by atomic mass is 16.5. The number of carbonyl (C=O) groups is 1. The molecule has 1 atom stereocenters. The maximum absolute atomic E-state index is 11.1. The molecule has 0 aliphatic heterocycles. The van der Waals surface area contributed by atoms with Gasteiger partial charge in [-0.15, -0.1) is 0 Å². The average molecular weight is 245 g/mol. The molecule has 0 fully saturated rings. The van der Waals surface area contributed by atoms with E-state index < -0.39 is 0 Å². The molecule has 4 N–H and O–H groups in total. The molecule has 17 heavy (non-hydrogen) atoms. The van der Waals surface area contributed by atoms with Crippen molar-refractivity contribution in [2.75, 3.05) is 33.4 Å². The van der Waals surface area contributed by atoms with Gasteiger partial charge in [0.05, 0.1) is 13.2 Å². The van der Waals surface area contributed by atoms with Crippen molar-refractivity contribution in [1.29, 1.82) is 0 Å². The Kier molecular flexibility index (Phi) is 9.03. The molecule has 0 bridgehead atoms. The van der Waals surface area contributed by atoms with E-state index in [2.05, 4.69) is 18.7 Å². The second-order valence-electron chi connectivity index (χ2n) is 4.83. The Hall–Kier alpha value is -0.650. The van der Waals surface area contributed by atoms with Crippen LogP contribution >= 0.6 is 0 Å². The third kappa shape index (κ3) is 8.12. The van der Waals surface area contributed by atoms with Gasteiger partial charge in [0.25, 0.3) is 0 Å². The summed E-state index contributed by atoms with van der Waals surface area (Å²) >= 11 is 0. The van der Waals surface area contributed by atoms with Crippen LogP contribution in [0.15, 0.2) is 0 Å². The number of amides is 1. The Balaban J connectivity index is 4.47. The van der Waals surface area contributed by atoms with Crippen LogP contribution in [0.4, 0.5) is 0 Å². The second kappa shape index (κ2) is 9.39. The maximum atomic E-state index is 11.1. The van der Waals surface area contributed by atoms with Gasteiger partial charge in [0.2, 0.25) is 5.91 Å². The molecule has 0 spiro atoms. The molecule has 102 valence electrons. The minimum Gasteiger partial charge on any atom is -0.383 e. The van der Waals surface area contributed by atoms with Crippen molar-refractivity contribution in [1.82, 2.24) is 4.90 Å². The number of nitrogens with zero attached hydrogens (tertiary/aromatic N) is 1. The monoisotopic (exact) mass is 245 g/mol. The first-order valence-corrected chi connectivity index (χ1v) is 6.22. The van der Waals surface area contributed by atoms with E-state index in [1.54, 1.807) is 7.11 Å². The van der Waals surface area contributed by atoms with E-state index >= 15 is 0 Å². The standard InChI is InChI=1S/C12H27N3O2/c1-10(2)7-15(8-12(14)16)11(9-17-3)5-4-6-13/h10-11H,4-9,13H2,1-3H3,(H2,14,16). The van der Waals surface area contributed by atoms with E-state index in [9.17, 15) is 4.79 Å². The normalized spacial score (nSPS) is 13.3. The van der Waals surface area contributed by atoms with E-state index in [1.807, 2.05) is 0 Å². The van der Waals surface area contributed by atoms with E-state index in [1.165, 1.54) is 0 Å². The Morgan fingerprint density at radius 2 is 2.06 bits per heavy atom. The van der Waals surface area contributed by atoms with Crippen molar-refractivity contribution in [2.45, 2.75) is 32.7 Å². The molecular formula is C12H27N3O2. The molecule has 0 aliphatic carbocycles. The summed E-state index contributed by atoms with van der Waals surface area (Å²) in [6, 6.07) is 0.221. The van der Waals surface area contributed by atoms with Crippen molar-refractivity contribution < 1.29 is 9.53 Å². The van der Waals surface area contributed by atoms with Gasteiger partial charge in [-0.3, -0.25) is 9.69 Å². The lowest BCUT2D eigenvalue weighted by molar-refractivity contribution is -0.120. The molecule has 0 heterocycles. The summed E-state index contributed by atoms with van der Waals surface area (Å²) in [4.78, 5) is 13.2. The minimum atomic E-state index is -0.292. The quantitative estimate of drug-likeness (QED) is 0.575. The Morgan fingerprint density at radius 1 is 1.41 bits per heavy atom. The first-order valence-electron chi connectivity index (χ1n) is 6.22. The van der Waals surface area contributed by atoms with Crippen molar-refractivity contribution in [3.63, 3.8) is 0 Å². The van der Waals surface area contributed by atoms with Crippen LogP contribution in [-0.2, 0) is 9.53 Å². The molecule has 0 aromatic carbocycles. The van der Waals surface area contributed by atoms with Crippen molar-refractivity contribution in [2.24, 2.45) is 17.4 Å². The number of rotatable bonds is 10. The third-order valence-electron chi connectivity index (χ3n) is 2.58. The van der Waals surface area contributed by atoms with Crippen LogP contribution < -0.4 is 11.5 Å². The Bertz CT molecular complexity index is 210. The van der Waals surface area contributed by atoms with Crippen molar-refractivity contribution in [3.05, 3.63) is 0 Å². The zero-order valence-corrected chi connectivity index (χ0v) is 11.3. The molecule has 0 aromatic rings. The second-order valence-corrected chi connectivity index (χ2v) is 4.83. The Morgan fingerprint density at radius 3 is 2.47 bits per heavy atom. The predicted octanol–water partition coefficient (Wildman–Crippen LogP) is 0.184. The van der Waals surface area contributed by atoms with Crippen molar-refractivity contribution >= 4 is 5.91 Å². The summed E-state index contributed by atoms with van der Waals surface area (Å²) in [6.45, 7) is 6.66. The molecule has 0 rings (SSSR count). The zero-order valence-electron chi connectivity index (χ0n) is 11.3. The number of hydrogen-bond acceptors (Lipinski definition) is 4. The van der Waals surface area contributed by atoms with Gasteiger partial charge in [-0.25, -0.2) is 0 Å². The first kappa shape index (κ1) is 16.4. The van der Waals surface area contributed by atoms with Gasteiger partial charge in [0.15, 0.2) is 0 Å². The highest BCUT2D eigenvalue weighted by molar-refractivity contribution is 5.75. The van der Waals surface area contributed by atoms with Gasteiger partial charge < -0.3 is 16.2 Å². The zero-order chi connectivity index (χ0) is 13.3. The fourth-order valence-electron chi connectivity index (χ4n) is 1.93. The predicted molar refractivity (Wildman–Crippen MR) is 69.6 cm³/mol. The lowest BCUT2D eigenvalue weighted by atomic mass is 10.1. The molecular weight excluding hydrogens is 218 g/mol. The van der Waals surface area contributed by atoms with Gasteiger partial charge in [-0.1, -0.05) is 13.8 Å². The highest BCUT2D eigenvalue weighted by Crippen LogP contribution is 2.10. The molecule has 0 aromatic heterocycles. The third-order valence-corrected chi connectivity index (χ3v) is 2.58. The van der Waals surface area contributed by atoms with E-state index in [0.29, 0.717) is 19.1 Å². The number of ether oxygens (including phenoxy) is 1. The molecule has 0 radical (unpaired) electrons. The van der Waals surface area contributed by atoms with E-state index in [4.69, 9.17) is 16.2 Å². The molecule has 0 aliphatic rings. The summed E-state index contributed by atoms with van der Waals surface area (Å²) in [6.07, 6.45) is 1.87. The van der Waals surface area contributed by atoms with Crippen molar-refractivity contribution in [3.8, 4) is 0 Å². The van der Waals surface area contributed by atoms with Crippen LogP contribution in [-0.4, -0.2) is 50.2 Å². The molecule has 0 saturated heterocycles. The van der Waals surface area contributed by atoms with Gasteiger partial charge in [0.1, 0.15) is 0 Å². The van der Waals surface area contributed by atoms with Crippen LogP contribution in [0.2, 0.25) is 0 Å². The summed E-state index contributed by atoms with van der Waals surface area (Å²) in [5, 5.41) is 0. The number of carbonyl (C=O) groups excluding carboxylic acids is 1. The fourth-order valence-corrected chi connectivity index (χ4v) is 1.93. The summed E-state index contributed by atoms with van der Waals surface area (Å²) < 4.78 is 5.21. The van der Waals surface area contributed by atoms with Crippen LogP contribution in [0.5, 0.6) is 0 Å². The molecule has 5 heteroatoms. The number of nitrogens with two attached hydrogens (primary N) is 2. The van der Waals surface area contributed by atoms with Gasteiger partial charge in [0, 0.05) is 19.7 Å². The molecule has 1 unspecified atom stereocenters. The lowest BCUT2D eigenvalue weighted by Crippen LogP contribution is -2.45. The van der Waals surface area contributed by atoms with Crippen LogP contribution in [0.3, 0.4) is 0 Å². The van der Waals surface area contributed by atoms with E-state index in [-0.39, 0.29) is 18.5 Å². The summed E-state index contributed by atoms with van der Waals surface area (Å²) in [7, 11) is 1.67. The SMILES string of the molecule is COCC(CCCN)N(CC(N)=O)CC(C)C. The topological polar surface area (TPSA) is 81.6 Å². The highest BCUT2D eigenvalue weighted by Gasteiger charge is 2.20. The average Bonchev–Trinajstić information content (AvgIpc) is 2.22. The van der Waals surface area contributed by atoms with Gasteiger partial charge >= 0.3 is 0 Å². The Labute approximate surface area is 104 Å². The largest absolute Gasteiger partial charge is 0.383 e. The number of primary amides is 1.